The van der Waals surface area contributed by atoms with Gasteiger partial charge in [-0.3, -0.25) is 14.5 Å². The SMILES string of the molecule is COc1cccc(C2/C(=C(/O)c3ccc(OC)c(Cl)c3)C(=O)C(=O)N2c2cccc(C)c2)c1. The molecule has 0 aromatic heterocycles. The van der Waals surface area contributed by atoms with Gasteiger partial charge in [0.1, 0.15) is 17.3 Å². The van der Waals surface area contributed by atoms with Crippen LogP contribution in [0.5, 0.6) is 11.5 Å². The Labute approximate surface area is 196 Å². The maximum atomic E-state index is 13.2. The van der Waals surface area contributed by atoms with E-state index in [2.05, 4.69) is 0 Å². The molecule has 1 aliphatic heterocycles. The third-order valence-electron chi connectivity index (χ3n) is 5.56. The second-order valence-corrected chi connectivity index (χ2v) is 8.04. The topological polar surface area (TPSA) is 76.1 Å². The Kier molecular flexibility index (Phi) is 6.11. The summed E-state index contributed by atoms with van der Waals surface area (Å²) >= 11 is 6.24. The number of aliphatic hydroxyl groups excluding tert-OH is 1. The molecule has 1 fully saturated rings. The largest absolute Gasteiger partial charge is 0.507 e. The number of rotatable bonds is 5. The van der Waals surface area contributed by atoms with Gasteiger partial charge in [0.15, 0.2) is 0 Å². The van der Waals surface area contributed by atoms with Crippen LogP contribution in [0.2, 0.25) is 5.02 Å². The van der Waals surface area contributed by atoms with Gasteiger partial charge in [-0.25, -0.2) is 0 Å². The van der Waals surface area contributed by atoms with Crippen LogP contribution in [0.25, 0.3) is 5.76 Å². The summed E-state index contributed by atoms with van der Waals surface area (Å²) in [5.74, 6) is -0.836. The van der Waals surface area contributed by atoms with E-state index in [4.69, 9.17) is 21.1 Å². The molecular weight excluding hydrogens is 442 g/mol. The zero-order chi connectivity index (χ0) is 23.7. The van der Waals surface area contributed by atoms with E-state index in [-0.39, 0.29) is 16.4 Å². The van der Waals surface area contributed by atoms with E-state index in [1.807, 2.05) is 25.1 Å². The highest BCUT2D eigenvalue weighted by Gasteiger charge is 2.47. The average molecular weight is 464 g/mol. The molecule has 1 heterocycles. The summed E-state index contributed by atoms with van der Waals surface area (Å²) in [6.07, 6.45) is 0. The van der Waals surface area contributed by atoms with E-state index in [1.54, 1.807) is 42.5 Å². The van der Waals surface area contributed by atoms with Crippen molar-refractivity contribution in [2.24, 2.45) is 0 Å². The van der Waals surface area contributed by atoms with Gasteiger partial charge in [0.05, 0.1) is 30.9 Å². The maximum absolute atomic E-state index is 13.2. The number of benzene rings is 3. The van der Waals surface area contributed by atoms with Crippen LogP contribution in [0, 0.1) is 6.92 Å². The fourth-order valence-corrected chi connectivity index (χ4v) is 4.23. The number of carbonyl (C=O) groups is 2. The zero-order valence-electron chi connectivity index (χ0n) is 18.3. The van der Waals surface area contributed by atoms with Gasteiger partial charge >= 0.3 is 0 Å². The Morgan fingerprint density at radius 1 is 0.970 bits per heavy atom. The number of ketones is 1. The molecule has 0 aliphatic carbocycles. The summed E-state index contributed by atoms with van der Waals surface area (Å²) in [5.41, 5.74) is 2.38. The Bertz CT molecular complexity index is 1280. The molecule has 0 saturated carbocycles. The van der Waals surface area contributed by atoms with Crippen molar-refractivity contribution in [3.05, 3.63) is 94.0 Å². The first-order valence-corrected chi connectivity index (χ1v) is 10.6. The van der Waals surface area contributed by atoms with Crippen LogP contribution in [-0.2, 0) is 9.59 Å². The normalized spacial score (nSPS) is 17.3. The van der Waals surface area contributed by atoms with Crippen molar-refractivity contribution < 1.29 is 24.2 Å². The number of hydrogen-bond acceptors (Lipinski definition) is 5. The van der Waals surface area contributed by atoms with Gasteiger partial charge in [-0.1, -0.05) is 35.9 Å². The van der Waals surface area contributed by atoms with E-state index < -0.39 is 17.7 Å². The van der Waals surface area contributed by atoms with E-state index in [0.29, 0.717) is 28.3 Å². The fourth-order valence-electron chi connectivity index (χ4n) is 3.97. The van der Waals surface area contributed by atoms with Crippen molar-refractivity contribution in [1.82, 2.24) is 0 Å². The number of nitrogens with zero attached hydrogens (tertiary/aromatic N) is 1. The molecular formula is C26H22ClNO5. The number of Topliss-reactive ketones (excluding diaryl/α,β-unsaturated/α-hetero) is 1. The Hall–Kier alpha value is -3.77. The average Bonchev–Trinajstić information content (AvgIpc) is 3.09. The molecule has 1 N–H and O–H groups in total. The van der Waals surface area contributed by atoms with E-state index in [0.717, 1.165) is 5.56 Å². The molecule has 1 saturated heterocycles. The van der Waals surface area contributed by atoms with Gasteiger partial charge in [-0.2, -0.15) is 0 Å². The molecule has 4 rings (SSSR count). The summed E-state index contributed by atoms with van der Waals surface area (Å²) in [5, 5.41) is 11.5. The van der Waals surface area contributed by atoms with Crippen LogP contribution in [0.15, 0.2) is 72.3 Å². The number of amides is 1. The minimum Gasteiger partial charge on any atom is -0.507 e. The van der Waals surface area contributed by atoms with E-state index in [9.17, 15) is 14.7 Å². The van der Waals surface area contributed by atoms with Gasteiger partial charge in [-0.05, 0) is 60.5 Å². The minimum atomic E-state index is -0.859. The maximum Gasteiger partial charge on any atom is 0.300 e. The molecule has 0 radical (unpaired) electrons. The highest BCUT2D eigenvalue weighted by molar-refractivity contribution is 6.51. The monoisotopic (exact) mass is 463 g/mol. The molecule has 3 aromatic carbocycles. The lowest BCUT2D eigenvalue weighted by Gasteiger charge is -2.26. The third kappa shape index (κ3) is 4.05. The summed E-state index contributed by atoms with van der Waals surface area (Å²) in [4.78, 5) is 27.9. The van der Waals surface area contributed by atoms with Crippen LogP contribution < -0.4 is 14.4 Å². The second-order valence-electron chi connectivity index (χ2n) is 7.63. The zero-order valence-corrected chi connectivity index (χ0v) is 19.1. The number of carbonyl (C=O) groups excluding carboxylic acids is 2. The van der Waals surface area contributed by atoms with E-state index in [1.165, 1.54) is 25.2 Å². The lowest BCUT2D eigenvalue weighted by atomic mass is 9.95. The van der Waals surface area contributed by atoms with Crippen molar-refractivity contribution in [2.45, 2.75) is 13.0 Å². The van der Waals surface area contributed by atoms with Crippen molar-refractivity contribution in [3.8, 4) is 11.5 Å². The van der Waals surface area contributed by atoms with Gasteiger partial charge in [-0.15, -0.1) is 0 Å². The Morgan fingerprint density at radius 3 is 2.39 bits per heavy atom. The molecule has 0 bridgehead atoms. The number of halogens is 1. The smallest absolute Gasteiger partial charge is 0.300 e. The highest BCUT2D eigenvalue weighted by atomic mass is 35.5. The summed E-state index contributed by atoms with van der Waals surface area (Å²) in [6, 6.07) is 18.2. The molecule has 1 aliphatic rings. The molecule has 168 valence electrons. The van der Waals surface area contributed by atoms with Gasteiger partial charge in [0, 0.05) is 11.3 Å². The minimum absolute atomic E-state index is 0.0315. The number of anilines is 1. The molecule has 1 unspecified atom stereocenters. The lowest BCUT2D eigenvalue weighted by Crippen LogP contribution is -2.29. The first kappa shape index (κ1) is 22.4. The molecule has 1 atom stereocenters. The van der Waals surface area contributed by atoms with Crippen molar-refractivity contribution in [3.63, 3.8) is 0 Å². The van der Waals surface area contributed by atoms with Crippen LogP contribution in [0.1, 0.15) is 22.7 Å². The van der Waals surface area contributed by atoms with E-state index >= 15 is 0 Å². The van der Waals surface area contributed by atoms with Crippen molar-refractivity contribution >= 4 is 34.7 Å². The summed E-state index contributed by atoms with van der Waals surface area (Å²) in [7, 11) is 3.02. The molecule has 1 amide bonds. The predicted octanol–water partition coefficient (Wildman–Crippen LogP) is 5.29. The van der Waals surface area contributed by atoms with Crippen molar-refractivity contribution in [1.29, 1.82) is 0 Å². The summed E-state index contributed by atoms with van der Waals surface area (Å²) < 4.78 is 10.5. The number of methoxy groups -OCH3 is 2. The van der Waals surface area contributed by atoms with Crippen LogP contribution in [0.3, 0.4) is 0 Å². The molecule has 6 nitrogen and oxygen atoms in total. The van der Waals surface area contributed by atoms with Crippen LogP contribution in [-0.4, -0.2) is 31.0 Å². The number of aliphatic hydroxyl groups is 1. The Balaban J connectivity index is 1.96. The third-order valence-corrected chi connectivity index (χ3v) is 5.85. The highest BCUT2D eigenvalue weighted by Crippen LogP contribution is 2.43. The summed E-state index contributed by atoms with van der Waals surface area (Å²) in [6.45, 7) is 1.90. The number of ether oxygens (including phenoxy) is 2. The van der Waals surface area contributed by atoms with Gasteiger partial charge in [0.25, 0.3) is 11.7 Å². The number of aryl methyl sites for hydroxylation is 1. The van der Waals surface area contributed by atoms with Gasteiger partial charge in [0.2, 0.25) is 0 Å². The molecule has 3 aromatic rings. The Morgan fingerprint density at radius 2 is 1.73 bits per heavy atom. The van der Waals surface area contributed by atoms with Crippen molar-refractivity contribution in [2.75, 3.05) is 19.1 Å². The molecule has 33 heavy (non-hydrogen) atoms. The van der Waals surface area contributed by atoms with Crippen LogP contribution >= 0.6 is 11.6 Å². The van der Waals surface area contributed by atoms with Crippen LogP contribution in [0.4, 0.5) is 5.69 Å². The fraction of sp³-hybridized carbons (Fsp3) is 0.154. The molecule has 7 heteroatoms. The lowest BCUT2D eigenvalue weighted by molar-refractivity contribution is -0.132. The van der Waals surface area contributed by atoms with Gasteiger partial charge < -0.3 is 14.6 Å². The first-order valence-electron chi connectivity index (χ1n) is 10.2. The quantitative estimate of drug-likeness (QED) is 0.316. The standard InChI is InChI=1S/C26H22ClNO5/c1-15-6-4-8-18(12-15)28-23(16-7-5-9-19(13-16)32-2)22(25(30)26(28)31)24(29)17-10-11-21(33-3)20(27)14-17/h4-14,23,29H,1-3H3/b24-22-. The second kappa shape index (κ2) is 9.00. The first-order chi connectivity index (χ1) is 15.8. The predicted molar refractivity (Wildman–Crippen MR) is 127 cm³/mol. The molecule has 0 spiro atoms. The number of hydrogen-bond donors (Lipinski definition) is 1.